The Morgan fingerprint density at radius 2 is 0.778 bits per heavy atom. The Kier molecular flexibility index (Phi) is 41.5. The number of amides is 1. The third-order valence-electron chi connectivity index (χ3n) is 10.8. The lowest BCUT2D eigenvalue weighted by Crippen LogP contribution is -2.53. The minimum atomic E-state index is -1.29. The molecule has 0 saturated carbocycles. The number of nitrogens with one attached hydrogen (secondary N) is 1. The molecule has 0 aromatic rings. The Hall–Kier alpha value is -1.47. The Morgan fingerprint density at radius 1 is 0.444 bits per heavy atom. The van der Waals surface area contributed by atoms with Gasteiger partial charge in [0.2, 0.25) is 5.91 Å². The van der Waals surface area contributed by atoms with Crippen molar-refractivity contribution in [3.63, 3.8) is 0 Å². The summed E-state index contributed by atoms with van der Waals surface area (Å²) in [5.74, 6) is -0.602. The normalized spacial score (nSPS) is 14.4. The van der Waals surface area contributed by atoms with Gasteiger partial charge in [-0.1, -0.05) is 192 Å². The van der Waals surface area contributed by atoms with E-state index in [0.29, 0.717) is 19.3 Å². The molecule has 6 nitrogen and oxygen atoms in total. The van der Waals surface area contributed by atoms with E-state index < -0.39 is 36.9 Å². The molecule has 0 aromatic carbocycles. The molecule has 0 rings (SSSR count). The smallest absolute Gasteiger partial charge is 0.249 e. The number of unbranched alkanes of at least 4 members (excludes halogenated alkanes) is 27. The number of aliphatic hydroxyl groups is 4. The third-order valence-corrected chi connectivity index (χ3v) is 10.8. The zero-order valence-corrected chi connectivity index (χ0v) is 35.7. The highest BCUT2D eigenvalue weighted by molar-refractivity contribution is 5.80. The predicted molar refractivity (Wildman–Crippen MR) is 233 cm³/mol. The van der Waals surface area contributed by atoms with Crippen molar-refractivity contribution in [2.75, 3.05) is 6.61 Å². The molecular weight excluding hydrogens is 671 g/mol. The molecule has 6 heteroatoms. The summed E-state index contributed by atoms with van der Waals surface area (Å²) >= 11 is 0. The summed E-state index contributed by atoms with van der Waals surface area (Å²) in [5, 5.41) is 43.7. The Labute approximate surface area is 335 Å². The average molecular weight is 762 g/mol. The Balaban J connectivity index is 3.77. The van der Waals surface area contributed by atoms with Gasteiger partial charge in [0.1, 0.15) is 12.2 Å². The molecule has 54 heavy (non-hydrogen) atoms. The van der Waals surface area contributed by atoms with Crippen LogP contribution in [0.25, 0.3) is 0 Å². The Bertz CT molecular complexity index is 858. The molecule has 0 aliphatic carbocycles. The standard InChI is InChI=1S/C48H91NO5/c1-3-5-7-9-11-13-15-17-19-21-22-23-24-25-26-28-30-32-34-36-38-40-42-46(52)48(54)49-44(43-50)47(53)45(51)41-39-37-35-33-31-29-27-20-18-16-14-12-10-8-6-4-2/h20,25-27,33,35,44-47,50-53H,3-19,21-24,28-32,34,36-43H2,1-2H3,(H,49,54)/b26-25-,27-20+,35-33+. The second-order valence-electron chi connectivity index (χ2n) is 16.1. The van der Waals surface area contributed by atoms with Crippen molar-refractivity contribution in [1.82, 2.24) is 5.32 Å². The zero-order chi connectivity index (χ0) is 39.6. The van der Waals surface area contributed by atoms with E-state index in [4.69, 9.17) is 0 Å². The minimum Gasteiger partial charge on any atom is -0.394 e. The van der Waals surface area contributed by atoms with Crippen molar-refractivity contribution in [2.24, 2.45) is 0 Å². The van der Waals surface area contributed by atoms with Crippen LogP contribution in [0.15, 0.2) is 36.5 Å². The first kappa shape index (κ1) is 52.5. The molecule has 1 amide bonds. The summed E-state index contributed by atoms with van der Waals surface area (Å²) < 4.78 is 0. The van der Waals surface area contributed by atoms with Gasteiger partial charge in [0, 0.05) is 0 Å². The SMILES string of the molecule is CCCCCCCCC/C=C/CC/C=C/CCCC(O)C(O)C(CO)NC(=O)C(O)CCCCCCCC/C=C\CCCCCCCCCCCCCC. The van der Waals surface area contributed by atoms with Crippen LogP contribution < -0.4 is 5.32 Å². The van der Waals surface area contributed by atoms with E-state index in [2.05, 4.69) is 55.6 Å². The highest BCUT2D eigenvalue weighted by Crippen LogP contribution is 2.15. The number of hydrogen-bond donors (Lipinski definition) is 5. The Morgan fingerprint density at radius 3 is 1.17 bits per heavy atom. The monoisotopic (exact) mass is 762 g/mol. The van der Waals surface area contributed by atoms with Crippen LogP contribution in [0.4, 0.5) is 0 Å². The molecule has 0 aliphatic heterocycles. The van der Waals surface area contributed by atoms with E-state index in [1.54, 1.807) is 0 Å². The van der Waals surface area contributed by atoms with Crippen LogP contribution in [0, 0.1) is 0 Å². The number of aliphatic hydroxyl groups excluding tert-OH is 4. The van der Waals surface area contributed by atoms with Gasteiger partial charge in [0.25, 0.3) is 0 Å². The topological polar surface area (TPSA) is 110 Å². The van der Waals surface area contributed by atoms with E-state index in [1.165, 1.54) is 148 Å². The van der Waals surface area contributed by atoms with E-state index in [9.17, 15) is 25.2 Å². The zero-order valence-electron chi connectivity index (χ0n) is 35.7. The van der Waals surface area contributed by atoms with Crippen molar-refractivity contribution in [3.8, 4) is 0 Å². The van der Waals surface area contributed by atoms with Crippen LogP contribution in [0.2, 0.25) is 0 Å². The summed E-state index contributed by atoms with van der Waals surface area (Å²) in [4.78, 5) is 12.5. The molecule has 0 aromatic heterocycles. The molecule has 0 aliphatic rings. The van der Waals surface area contributed by atoms with Gasteiger partial charge in [0.05, 0.1) is 18.8 Å². The quantitative estimate of drug-likeness (QED) is 0.0314. The highest BCUT2D eigenvalue weighted by atomic mass is 16.3. The van der Waals surface area contributed by atoms with E-state index >= 15 is 0 Å². The maximum Gasteiger partial charge on any atom is 0.249 e. The van der Waals surface area contributed by atoms with Crippen LogP contribution in [-0.2, 0) is 4.79 Å². The van der Waals surface area contributed by atoms with Crippen LogP contribution >= 0.6 is 0 Å². The number of carbonyl (C=O) groups excluding carboxylic acids is 1. The molecule has 0 heterocycles. The fourth-order valence-electron chi connectivity index (χ4n) is 7.06. The van der Waals surface area contributed by atoms with E-state index in [-0.39, 0.29) is 0 Å². The van der Waals surface area contributed by atoms with Gasteiger partial charge in [-0.15, -0.1) is 0 Å². The number of allylic oxidation sites excluding steroid dienone is 6. The van der Waals surface area contributed by atoms with Gasteiger partial charge in [-0.2, -0.15) is 0 Å². The lowest BCUT2D eigenvalue weighted by molar-refractivity contribution is -0.132. The van der Waals surface area contributed by atoms with Crippen molar-refractivity contribution >= 4 is 5.91 Å². The number of rotatable bonds is 42. The summed E-state index contributed by atoms with van der Waals surface area (Å²) in [6, 6.07) is -1.01. The fourth-order valence-corrected chi connectivity index (χ4v) is 7.06. The molecule has 0 radical (unpaired) electrons. The lowest BCUT2D eigenvalue weighted by Gasteiger charge is -2.27. The molecular formula is C48H91NO5. The van der Waals surface area contributed by atoms with Crippen LogP contribution in [0.5, 0.6) is 0 Å². The van der Waals surface area contributed by atoms with Crippen LogP contribution in [0.1, 0.15) is 232 Å². The van der Waals surface area contributed by atoms with Gasteiger partial charge in [0.15, 0.2) is 0 Å². The fraction of sp³-hybridized carbons (Fsp3) is 0.854. The van der Waals surface area contributed by atoms with Gasteiger partial charge in [-0.25, -0.2) is 0 Å². The second-order valence-corrected chi connectivity index (χ2v) is 16.1. The maximum absolute atomic E-state index is 12.5. The first-order chi connectivity index (χ1) is 26.5. The van der Waals surface area contributed by atoms with Crippen molar-refractivity contribution < 1.29 is 25.2 Å². The molecule has 0 fully saturated rings. The van der Waals surface area contributed by atoms with Crippen molar-refractivity contribution in [1.29, 1.82) is 0 Å². The maximum atomic E-state index is 12.5. The van der Waals surface area contributed by atoms with E-state index in [1.807, 2.05) is 0 Å². The summed E-state index contributed by atoms with van der Waals surface area (Å²) in [6.45, 7) is 4.03. The third kappa shape index (κ3) is 36.2. The molecule has 4 unspecified atom stereocenters. The summed E-state index contributed by atoms with van der Waals surface area (Å²) in [5.41, 5.74) is 0. The van der Waals surface area contributed by atoms with Gasteiger partial charge in [-0.3, -0.25) is 4.79 Å². The van der Waals surface area contributed by atoms with Gasteiger partial charge in [-0.05, 0) is 77.0 Å². The van der Waals surface area contributed by atoms with Crippen molar-refractivity contribution in [2.45, 2.75) is 257 Å². The van der Waals surface area contributed by atoms with Crippen LogP contribution in [0.3, 0.4) is 0 Å². The summed E-state index contributed by atoms with van der Waals surface area (Å²) in [7, 11) is 0. The lowest BCUT2D eigenvalue weighted by atomic mass is 10.00. The van der Waals surface area contributed by atoms with Crippen molar-refractivity contribution in [3.05, 3.63) is 36.5 Å². The van der Waals surface area contributed by atoms with Gasteiger partial charge >= 0.3 is 0 Å². The van der Waals surface area contributed by atoms with Gasteiger partial charge < -0.3 is 25.7 Å². The molecule has 4 atom stereocenters. The average Bonchev–Trinajstić information content (AvgIpc) is 3.18. The molecule has 0 spiro atoms. The minimum absolute atomic E-state index is 0.353. The first-order valence-corrected chi connectivity index (χ1v) is 23.4. The predicted octanol–water partition coefficient (Wildman–Crippen LogP) is 12.5. The summed E-state index contributed by atoms with van der Waals surface area (Å²) in [6.07, 6.45) is 50.4. The largest absolute Gasteiger partial charge is 0.394 e. The highest BCUT2D eigenvalue weighted by Gasteiger charge is 2.28. The first-order valence-electron chi connectivity index (χ1n) is 23.4. The number of hydrogen-bond acceptors (Lipinski definition) is 5. The molecule has 0 bridgehead atoms. The van der Waals surface area contributed by atoms with Crippen LogP contribution in [-0.4, -0.2) is 57.3 Å². The molecule has 0 saturated heterocycles. The molecule has 318 valence electrons. The molecule has 5 N–H and O–H groups in total. The van der Waals surface area contributed by atoms with E-state index in [0.717, 1.165) is 51.4 Å². The second kappa shape index (κ2) is 42.7. The number of carbonyl (C=O) groups is 1.